The Bertz CT molecular complexity index is 703. The molecule has 21 heavy (non-hydrogen) atoms. The number of ether oxygens (including phenoxy) is 1. The molecule has 0 unspecified atom stereocenters. The summed E-state index contributed by atoms with van der Waals surface area (Å²) < 4.78 is 6.14. The Kier molecular flexibility index (Phi) is 4.37. The second-order valence-electron chi connectivity index (χ2n) is 4.60. The number of rotatable bonds is 5. The summed E-state index contributed by atoms with van der Waals surface area (Å²) in [5.74, 6) is -0.888. The maximum Gasteiger partial charge on any atom is 0.325 e. The molecule has 0 aliphatic rings. The molecule has 1 aromatic heterocycles. The highest BCUT2D eigenvalue weighted by molar-refractivity contribution is 6.07. The quantitative estimate of drug-likeness (QED) is 0.661. The van der Waals surface area contributed by atoms with Gasteiger partial charge in [0.2, 0.25) is 5.91 Å². The van der Waals surface area contributed by atoms with E-state index < -0.39 is 5.97 Å². The van der Waals surface area contributed by atoms with Gasteiger partial charge in [-0.3, -0.25) is 14.4 Å². The predicted molar refractivity (Wildman–Crippen MR) is 77.0 cm³/mol. The minimum absolute atomic E-state index is 0.0325. The highest BCUT2D eigenvalue weighted by Gasteiger charge is 2.13. The average molecular weight is 288 g/mol. The fraction of sp³-hybridized carbons (Fsp3) is 0.267. The molecule has 110 valence electrons. The molecule has 1 aromatic carbocycles. The molecule has 0 fully saturated rings. The molecular formula is C15H16N2O4. The van der Waals surface area contributed by atoms with E-state index in [1.165, 1.54) is 14.0 Å². The van der Waals surface area contributed by atoms with Crippen molar-refractivity contribution in [3.05, 3.63) is 36.0 Å². The van der Waals surface area contributed by atoms with Crippen molar-refractivity contribution in [3.8, 4) is 0 Å². The van der Waals surface area contributed by atoms with E-state index in [4.69, 9.17) is 0 Å². The lowest BCUT2D eigenvalue weighted by molar-refractivity contribution is -0.141. The first kappa shape index (κ1) is 14.8. The van der Waals surface area contributed by atoms with E-state index in [0.29, 0.717) is 5.56 Å². The molecule has 0 aliphatic heterocycles. The maximum absolute atomic E-state index is 11.8. The number of nitrogens with one attached hydrogen (secondary N) is 1. The lowest BCUT2D eigenvalue weighted by Crippen LogP contribution is -2.32. The van der Waals surface area contributed by atoms with Gasteiger partial charge in [0.15, 0.2) is 5.78 Å². The number of aromatic nitrogens is 1. The van der Waals surface area contributed by atoms with Gasteiger partial charge in [-0.15, -0.1) is 0 Å². The fourth-order valence-corrected chi connectivity index (χ4v) is 2.11. The third-order valence-electron chi connectivity index (χ3n) is 3.14. The summed E-state index contributed by atoms with van der Waals surface area (Å²) in [4.78, 5) is 34.5. The van der Waals surface area contributed by atoms with Crippen molar-refractivity contribution in [3.63, 3.8) is 0 Å². The second kappa shape index (κ2) is 6.21. The van der Waals surface area contributed by atoms with Crippen LogP contribution in [0.1, 0.15) is 17.3 Å². The van der Waals surface area contributed by atoms with Crippen LogP contribution in [0.4, 0.5) is 0 Å². The topological polar surface area (TPSA) is 77.4 Å². The molecule has 1 N–H and O–H groups in total. The van der Waals surface area contributed by atoms with Crippen molar-refractivity contribution in [2.24, 2.45) is 0 Å². The van der Waals surface area contributed by atoms with Crippen molar-refractivity contribution in [2.45, 2.75) is 13.5 Å². The number of para-hydroxylation sites is 1. The number of fused-ring (bicyclic) bond motifs is 1. The van der Waals surface area contributed by atoms with Crippen LogP contribution in [0.3, 0.4) is 0 Å². The van der Waals surface area contributed by atoms with E-state index in [2.05, 4.69) is 10.1 Å². The molecule has 0 saturated heterocycles. The second-order valence-corrected chi connectivity index (χ2v) is 4.60. The van der Waals surface area contributed by atoms with Crippen molar-refractivity contribution < 1.29 is 19.1 Å². The number of carbonyl (C=O) groups is 3. The summed E-state index contributed by atoms with van der Waals surface area (Å²) in [6.45, 7) is 1.35. The number of methoxy groups -OCH3 is 1. The fourth-order valence-electron chi connectivity index (χ4n) is 2.11. The van der Waals surface area contributed by atoms with Crippen molar-refractivity contribution >= 4 is 28.6 Å². The van der Waals surface area contributed by atoms with Crippen LogP contribution in [0.15, 0.2) is 30.5 Å². The van der Waals surface area contributed by atoms with Crippen LogP contribution >= 0.6 is 0 Å². The van der Waals surface area contributed by atoms with Gasteiger partial charge in [-0.25, -0.2) is 0 Å². The van der Waals surface area contributed by atoms with Gasteiger partial charge in [0, 0.05) is 22.7 Å². The van der Waals surface area contributed by atoms with E-state index in [1.807, 2.05) is 24.3 Å². The van der Waals surface area contributed by atoms with Crippen LogP contribution < -0.4 is 5.32 Å². The molecule has 0 spiro atoms. The number of carbonyl (C=O) groups excluding carboxylic acids is 3. The highest BCUT2D eigenvalue weighted by atomic mass is 16.5. The van der Waals surface area contributed by atoms with E-state index in [-0.39, 0.29) is 24.8 Å². The van der Waals surface area contributed by atoms with Gasteiger partial charge < -0.3 is 14.6 Å². The largest absolute Gasteiger partial charge is 0.468 e. The van der Waals surface area contributed by atoms with Gasteiger partial charge >= 0.3 is 5.97 Å². The third kappa shape index (κ3) is 3.28. The standard InChI is InChI=1S/C15H16N2O4/c1-10(18)12-8-17(13-6-4-3-5-11(12)13)9-14(19)16-7-15(20)21-2/h3-6,8H,7,9H2,1-2H3,(H,16,19). The zero-order valence-corrected chi connectivity index (χ0v) is 11.9. The monoisotopic (exact) mass is 288 g/mol. The molecule has 2 aromatic rings. The SMILES string of the molecule is COC(=O)CNC(=O)Cn1cc(C(C)=O)c2ccccc21. The molecule has 0 atom stereocenters. The van der Waals surface area contributed by atoms with Crippen molar-refractivity contribution in [2.75, 3.05) is 13.7 Å². The lowest BCUT2D eigenvalue weighted by atomic mass is 10.1. The van der Waals surface area contributed by atoms with E-state index in [0.717, 1.165) is 10.9 Å². The molecule has 0 radical (unpaired) electrons. The summed E-state index contributed by atoms with van der Waals surface area (Å²) >= 11 is 0. The molecule has 2 rings (SSSR count). The van der Waals surface area contributed by atoms with Gasteiger partial charge in [0.25, 0.3) is 0 Å². The molecule has 1 heterocycles. The molecule has 0 saturated carbocycles. The van der Waals surface area contributed by atoms with E-state index >= 15 is 0 Å². The Morgan fingerprint density at radius 2 is 1.95 bits per heavy atom. The molecule has 1 amide bonds. The minimum Gasteiger partial charge on any atom is -0.468 e. The maximum atomic E-state index is 11.8. The van der Waals surface area contributed by atoms with Crippen LogP contribution in [0.25, 0.3) is 10.9 Å². The van der Waals surface area contributed by atoms with Crippen molar-refractivity contribution in [1.82, 2.24) is 9.88 Å². The first-order valence-electron chi connectivity index (χ1n) is 6.45. The number of ketones is 1. The van der Waals surface area contributed by atoms with Crippen molar-refractivity contribution in [1.29, 1.82) is 0 Å². The Morgan fingerprint density at radius 3 is 2.62 bits per heavy atom. The molecule has 0 aliphatic carbocycles. The average Bonchev–Trinajstić information content (AvgIpc) is 2.84. The summed E-state index contributed by atoms with van der Waals surface area (Å²) in [5.41, 5.74) is 1.38. The summed E-state index contributed by atoms with van der Waals surface area (Å²) in [6.07, 6.45) is 1.66. The summed E-state index contributed by atoms with van der Waals surface area (Å²) in [6, 6.07) is 7.37. The lowest BCUT2D eigenvalue weighted by Gasteiger charge is -2.06. The number of Topliss-reactive ketones (excluding diaryl/α,β-unsaturated/α-hetero) is 1. The van der Waals surface area contributed by atoms with Crippen LogP contribution in [-0.4, -0.2) is 35.9 Å². The molecule has 6 heteroatoms. The zero-order chi connectivity index (χ0) is 15.4. The number of esters is 1. The van der Waals surface area contributed by atoms with E-state index in [9.17, 15) is 14.4 Å². The third-order valence-corrected chi connectivity index (χ3v) is 3.14. The molecular weight excluding hydrogens is 272 g/mol. The Balaban J connectivity index is 2.20. The first-order valence-corrected chi connectivity index (χ1v) is 6.45. The van der Waals surface area contributed by atoms with Gasteiger partial charge in [-0.05, 0) is 13.0 Å². The number of nitrogens with zero attached hydrogens (tertiary/aromatic N) is 1. The van der Waals surface area contributed by atoms with Gasteiger partial charge in [-0.1, -0.05) is 18.2 Å². The number of hydrogen-bond donors (Lipinski definition) is 1. The van der Waals surface area contributed by atoms with Gasteiger partial charge in [0.05, 0.1) is 7.11 Å². The predicted octanol–water partition coefficient (Wildman–Crippen LogP) is 1.13. The zero-order valence-electron chi connectivity index (χ0n) is 11.9. The van der Waals surface area contributed by atoms with Gasteiger partial charge in [-0.2, -0.15) is 0 Å². The summed E-state index contributed by atoms with van der Waals surface area (Å²) in [5, 5.41) is 3.28. The Morgan fingerprint density at radius 1 is 1.24 bits per heavy atom. The Labute approximate surface area is 121 Å². The molecule has 6 nitrogen and oxygen atoms in total. The van der Waals surface area contributed by atoms with Crippen LogP contribution in [0, 0.1) is 0 Å². The number of amides is 1. The normalized spacial score (nSPS) is 10.4. The number of hydrogen-bond acceptors (Lipinski definition) is 4. The van der Waals surface area contributed by atoms with E-state index in [1.54, 1.807) is 10.8 Å². The summed E-state index contributed by atoms with van der Waals surface area (Å²) in [7, 11) is 1.26. The molecule has 0 bridgehead atoms. The Hall–Kier alpha value is -2.63. The van der Waals surface area contributed by atoms with Crippen LogP contribution in [0.5, 0.6) is 0 Å². The first-order chi connectivity index (χ1) is 10.0. The number of benzene rings is 1. The van der Waals surface area contributed by atoms with Gasteiger partial charge in [0.1, 0.15) is 13.1 Å². The van der Waals surface area contributed by atoms with Crippen LogP contribution in [0.2, 0.25) is 0 Å². The van der Waals surface area contributed by atoms with Crippen LogP contribution in [-0.2, 0) is 20.9 Å². The highest BCUT2D eigenvalue weighted by Crippen LogP contribution is 2.21. The minimum atomic E-state index is -0.509. The smallest absolute Gasteiger partial charge is 0.325 e.